The van der Waals surface area contributed by atoms with Gasteiger partial charge in [-0.3, -0.25) is 14.2 Å². The normalized spacial score (nSPS) is 11.1. The van der Waals surface area contributed by atoms with E-state index < -0.39 is 0 Å². The summed E-state index contributed by atoms with van der Waals surface area (Å²) in [6, 6.07) is 7.87. The molecule has 0 bridgehead atoms. The molecule has 1 amide bonds. The standard InChI is InChI=1S/C21H27N5O3/c1-4-29-13-5-11-22-19(27)10-12-25-16(3)24-20-18(21(25)28)14-23-26(20)17-8-6-15(2)7-9-17/h6-9,14H,4-5,10-13H2,1-3H3,(H,22,27). The van der Waals surface area contributed by atoms with Gasteiger partial charge in [0.05, 0.1) is 11.9 Å². The number of carbonyl (C=O) groups is 1. The number of hydrogen-bond acceptors (Lipinski definition) is 5. The van der Waals surface area contributed by atoms with E-state index in [4.69, 9.17) is 4.74 Å². The summed E-state index contributed by atoms with van der Waals surface area (Å²) in [5, 5.41) is 7.63. The van der Waals surface area contributed by atoms with Gasteiger partial charge in [0.1, 0.15) is 11.2 Å². The lowest BCUT2D eigenvalue weighted by Crippen LogP contribution is -2.30. The molecule has 0 unspecified atom stereocenters. The smallest absolute Gasteiger partial charge is 0.264 e. The molecule has 0 saturated heterocycles. The lowest BCUT2D eigenvalue weighted by Gasteiger charge is -2.11. The van der Waals surface area contributed by atoms with E-state index in [1.54, 1.807) is 11.6 Å². The van der Waals surface area contributed by atoms with Crippen LogP contribution in [0.4, 0.5) is 0 Å². The molecule has 8 heteroatoms. The number of nitrogens with zero attached hydrogens (tertiary/aromatic N) is 4. The molecule has 0 saturated carbocycles. The van der Waals surface area contributed by atoms with Gasteiger partial charge in [-0.15, -0.1) is 0 Å². The Balaban J connectivity index is 1.73. The van der Waals surface area contributed by atoms with Crippen molar-refractivity contribution < 1.29 is 9.53 Å². The first-order valence-corrected chi connectivity index (χ1v) is 9.88. The summed E-state index contributed by atoms with van der Waals surface area (Å²) in [5.74, 6) is 0.462. The number of hydrogen-bond donors (Lipinski definition) is 1. The molecular formula is C21H27N5O3. The van der Waals surface area contributed by atoms with Crippen LogP contribution >= 0.6 is 0 Å². The Morgan fingerprint density at radius 1 is 1.21 bits per heavy atom. The van der Waals surface area contributed by atoms with Crippen molar-refractivity contribution in [2.24, 2.45) is 0 Å². The summed E-state index contributed by atoms with van der Waals surface area (Å²) in [6.07, 6.45) is 2.52. The van der Waals surface area contributed by atoms with E-state index in [0.717, 1.165) is 17.7 Å². The van der Waals surface area contributed by atoms with Crippen LogP contribution in [-0.2, 0) is 16.1 Å². The molecule has 0 spiro atoms. The van der Waals surface area contributed by atoms with Crippen LogP contribution in [0.25, 0.3) is 16.7 Å². The van der Waals surface area contributed by atoms with Crippen LogP contribution in [-0.4, -0.2) is 45.0 Å². The third-order valence-electron chi connectivity index (χ3n) is 4.71. The molecule has 0 aliphatic carbocycles. The van der Waals surface area contributed by atoms with Crippen LogP contribution in [0.5, 0.6) is 0 Å². The second kappa shape index (κ2) is 9.47. The SMILES string of the molecule is CCOCCCNC(=O)CCn1c(C)nc2c(cnn2-c2ccc(C)cc2)c1=O. The zero-order valence-electron chi connectivity index (χ0n) is 17.1. The number of aryl methyl sites for hydroxylation is 2. The predicted octanol–water partition coefficient (Wildman–Crippen LogP) is 2.13. The zero-order chi connectivity index (χ0) is 20.8. The minimum Gasteiger partial charge on any atom is -0.382 e. The molecule has 3 aromatic rings. The molecule has 0 aliphatic heterocycles. The lowest BCUT2D eigenvalue weighted by molar-refractivity contribution is -0.121. The highest BCUT2D eigenvalue weighted by Gasteiger charge is 2.14. The Bertz CT molecular complexity index is 1040. The largest absolute Gasteiger partial charge is 0.382 e. The first kappa shape index (κ1) is 20.7. The Kier molecular flexibility index (Phi) is 6.77. The Morgan fingerprint density at radius 2 is 1.97 bits per heavy atom. The van der Waals surface area contributed by atoms with Crippen molar-refractivity contribution in [1.29, 1.82) is 0 Å². The summed E-state index contributed by atoms with van der Waals surface area (Å²) in [5.41, 5.74) is 2.33. The molecular weight excluding hydrogens is 370 g/mol. The average molecular weight is 397 g/mol. The first-order chi connectivity index (χ1) is 14.0. The van der Waals surface area contributed by atoms with Crippen molar-refractivity contribution in [3.05, 3.63) is 52.2 Å². The van der Waals surface area contributed by atoms with E-state index in [0.29, 0.717) is 36.6 Å². The van der Waals surface area contributed by atoms with Crippen LogP contribution in [0.2, 0.25) is 0 Å². The monoisotopic (exact) mass is 397 g/mol. The highest BCUT2D eigenvalue weighted by Crippen LogP contribution is 2.15. The van der Waals surface area contributed by atoms with E-state index in [1.807, 2.05) is 38.1 Å². The number of ether oxygens (including phenoxy) is 1. The van der Waals surface area contributed by atoms with Crippen molar-refractivity contribution in [2.45, 2.75) is 40.2 Å². The zero-order valence-corrected chi connectivity index (χ0v) is 17.1. The molecule has 3 rings (SSSR count). The third kappa shape index (κ3) is 4.89. The van der Waals surface area contributed by atoms with Gasteiger partial charge in [0, 0.05) is 32.7 Å². The van der Waals surface area contributed by atoms with Crippen molar-refractivity contribution in [3.63, 3.8) is 0 Å². The molecule has 0 radical (unpaired) electrons. The van der Waals surface area contributed by atoms with Gasteiger partial charge in [-0.05, 0) is 39.3 Å². The van der Waals surface area contributed by atoms with E-state index in [-0.39, 0.29) is 24.4 Å². The van der Waals surface area contributed by atoms with Gasteiger partial charge in [-0.25, -0.2) is 9.67 Å². The predicted molar refractivity (Wildman–Crippen MR) is 111 cm³/mol. The molecule has 0 fully saturated rings. The molecule has 29 heavy (non-hydrogen) atoms. The molecule has 2 aromatic heterocycles. The molecule has 1 aromatic carbocycles. The van der Waals surface area contributed by atoms with Crippen LogP contribution in [0, 0.1) is 13.8 Å². The molecule has 2 heterocycles. The Labute approximate surface area is 169 Å². The molecule has 1 N–H and O–H groups in total. The minimum absolute atomic E-state index is 0.0942. The summed E-state index contributed by atoms with van der Waals surface area (Å²) >= 11 is 0. The fourth-order valence-electron chi connectivity index (χ4n) is 3.09. The number of amides is 1. The molecule has 8 nitrogen and oxygen atoms in total. The van der Waals surface area contributed by atoms with Gasteiger partial charge in [0.2, 0.25) is 5.91 Å². The third-order valence-corrected chi connectivity index (χ3v) is 4.71. The van der Waals surface area contributed by atoms with Crippen LogP contribution in [0.3, 0.4) is 0 Å². The quantitative estimate of drug-likeness (QED) is 0.559. The van der Waals surface area contributed by atoms with Crippen LogP contribution in [0.15, 0.2) is 35.3 Å². The lowest BCUT2D eigenvalue weighted by atomic mass is 10.2. The highest BCUT2D eigenvalue weighted by atomic mass is 16.5. The van der Waals surface area contributed by atoms with Crippen molar-refractivity contribution in [2.75, 3.05) is 19.8 Å². The number of aromatic nitrogens is 4. The van der Waals surface area contributed by atoms with Crippen molar-refractivity contribution in [1.82, 2.24) is 24.6 Å². The van der Waals surface area contributed by atoms with Crippen molar-refractivity contribution >= 4 is 16.9 Å². The van der Waals surface area contributed by atoms with E-state index in [9.17, 15) is 9.59 Å². The van der Waals surface area contributed by atoms with E-state index in [2.05, 4.69) is 15.4 Å². The van der Waals surface area contributed by atoms with E-state index in [1.165, 1.54) is 10.8 Å². The number of carbonyl (C=O) groups excluding carboxylic acids is 1. The Morgan fingerprint density at radius 3 is 2.69 bits per heavy atom. The number of benzene rings is 1. The summed E-state index contributed by atoms with van der Waals surface area (Å²) in [4.78, 5) is 29.5. The Hall–Kier alpha value is -3.00. The highest BCUT2D eigenvalue weighted by molar-refractivity contribution is 5.76. The van der Waals surface area contributed by atoms with Gasteiger partial charge in [-0.2, -0.15) is 5.10 Å². The summed E-state index contributed by atoms with van der Waals surface area (Å²) in [6.45, 7) is 7.86. The molecule has 154 valence electrons. The summed E-state index contributed by atoms with van der Waals surface area (Å²) < 4.78 is 8.44. The van der Waals surface area contributed by atoms with Gasteiger partial charge in [0.15, 0.2) is 5.65 Å². The van der Waals surface area contributed by atoms with E-state index >= 15 is 0 Å². The molecule has 0 atom stereocenters. The average Bonchev–Trinajstić information content (AvgIpc) is 3.12. The maximum Gasteiger partial charge on any atom is 0.264 e. The van der Waals surface area contributed by atoms with Crippen LogP contribution < -0.4 is 10.9 Å². The first-order valence-electron chi connectivity index (χ1n) is 9.88. The maximum atomic E-state index is 12.9. The van der Waals surface area contributed by atoms with Crippen LogP contribution in [0.1, 0.15) is 31.2 Å². The fraction of sp³-hybridized carbons (Fsp3) is 0.429. The topological polar surface area (TPSA) is 91.0 Å². The van der Waals surface area contributed by atoms with Gasteiger partial charge >= 0.3 is 0 Å². The number of rotatable bonds is 9. The summed E-state index contributed by atoms with van der Waals surface area (Å²) in [7, 11) is 0. The van der Waals surface area contributed by atoms with Gasteiger partial charge in [-0.1, -0.05) is 17.7 Å². The fourth-order valence-corrected chi connectivity index (χ4v) is 3.09. The second-order valence-corrected chi connectivity index (χ2v) is 6.90. The van der Waals surface area contributed by atoms with Crippen molar-refractivity contribution in [3.8, 4) is 5.69 Å². The minimum atomic E-state index is -0.185. The van der Waals surface area contributed by atoms with Gasteiger partial charge < -0.3 is 10.1 Å². The van der Waals surface area contributed by atoms with Gasteiger partial charge in [0.25, 0.3) is 5.56 Å². The second-order valence-electron chi connectivity index (χ2n) is 6.90. The number of nitrogens with one attached hydrogen (secondary N) is 1. The maximum absolute atomic E-state index is 12.9. The molecule has 0 aliphatic rings. The number of fused-ring (bicyclic) bond motifs is 1.